The average Bonchev–Trinajstić information content (AvgIpc) is 4.24. The lowest BCUT2D eigenvalue weighted by Gasteiger charge is -2.37. The van der Waals surface area contributed by atoms with E-state index in [0.29, 0.717) is 55.7 Å². The molecule has 5 heterocycles. The quantitative estimate of drug-likeness (QED) is 0.0184. The number of thiocarbonyl (C=S) groups is 1. The summed E-state index contributed by atoms with van der Waals surface area (Å²) in [5.41, 5.74) is 17.5. The van der Waals surface area contributed by atoms with Crippen LogP contribution in [-0.4, -0.2) is 125 Å². The van der Waals surface area contributed by atoms with Gasteiger partial charge in [-0.05, 0) is 182 Å². The molecule has 0 amide bonds. The van der Waals surface area contributed by atoms with Gasteiger partial charge in [-0.2, -0.15) is 14.9 Å². The summed E-state index contributed by atoms with van der Waals surface area (Å²) in [6.07, 6.45) is 10.5. The Kier molecular flexibility index (Phi) is 24.4. The van der Waals surface area contributed by atoms with E-state index in [0.717, 1.165) is 61.1 Å². The van der Waals surface area contributed by atoms with Crippen molar-refractivity contribution in [3.8, 4) is 11.5 Å². The fourth-order valence-corrected chi connectivity index (χ4v) is 11.8. The average molecular weight is 1160 g/mol. The highest BCUT2D eigenvalue weighted by molar-refractivity contribution is 9.09. The Bertz CT molecular complexity index is 2600. The number of ketones is 2. The molecule has 1 atom stereocenters. The molecular weight excluding hydrogens is 1080 g/mol. The molecule has 404 valence electrons. The molecular formula is C56H76BrN10O4PS3. The number of alkyl halides is 1. The second-order valence-corrected chi connectivity index (χ2v) is 21.7. The highest BCUT2D eigenvalue weighted by Gasteiger charge is 2.28. The Labute approximate surface area is 469 Å². The van der Waals surface area contributed by atoms with Crippen LogP contribution in [0.3, 0.4) is 0 Å². The number of amidine groups is 1. The number of aliphatic imine (C=N–C) groups is 1. The summed E-state index contributed by atoms with van der Waals surface area (Å²) in [6, 6.07) is 32.8. The van der Waals surface area contributed by atoms with Crippen molar-refractivity contribution < 1.29 is 19.1 Å². The lowest BCUT2D eigenvalue weighted by Crippen LogP contribution is -2.43. The van der Waals surface area contributed by atoms with Crippen LogP contribution in [0, 0.1) is 0 Å². The number of piperidine rings is 2. The Hall–Kier alpha value is -4.81. The molecule has 4 aliphatic rings. The van der Waals surface area contributed by atoms with Crippen molar-refractivity contribution in [3.63, 3.8) is 0 Å². The molecule has 19 heteroatoms. The number of benzene rings is 4. The van der Waals surface area contributed by atoms with Crippen molar-refractivity contribution in [3.05, 3.63) is 113 Å². The standard InChI is InChI=1S/C27H33N5O2S.C19H29N5S2.C10H11BrO2.H3P/c1-2-34-23-7-5-6-19(18-23)24(33)25-26(28)30-27(35-25)29-20-8-10-21(11-9-20)32-16-12-22(13-17-32)31-14-3-4-15-31;1-2-26-18(20)22-19(25)21-15-5-7-16(8-6-15)24-13-9-17(10-14-24)23-11-3-4-12-23;1-2-13-9-5-3-4-8(6-9)10(12)7-11;/h5-11,18,22H,2-4,12-17,28H2,1H3,(H,29,30);5-8,17H,2-4,9-14H2,1H3,(H3,20,21,22,25);3-6H,2,7H2,1H3;1H3. The fourth-order valence-electron chi connectivity index (χ4n) is 9.83. The number of anilines is 6. The minimum Gasteiger partial charge on any atom is -0.494 e. The van der Waals surface area contributed by atoms with Crippen LogP contribution in [0.25, 0.3) is 0 Å². The number of thiazole rings is 1. The van der Waals surface area contributed by atoms with E-state index >= 15 is 0 Å². The monoisotopic (exact) mass is 1160 g/mol. The van der Waals surface area contributed by atoms with Crippen molar-refractivity contribution in [1.29, 1.82) is 0 Å². The highest BCUT2D eigenvalue weighted by atomic mass is 79.9. The summed E-state index contributed by atoms with van der Waals surface area (Å²) in [7, 11) is 0. The van der Waals surface area contributed by atoms with Gasteiger partial charge in [-0.25, -0.2) is 4.98 Å². The SMILES string of the molecule is CCOc1cccc(C(=O)CBr)c1.CCOc1cccc(C(=O)c2sc(Nc3ccc(N4CCC(N5CCCC5)CC4)cc3)nc2N)c1.CCSC(N)=NC(=S)Nc1ccc(N2CCC(N3CCCC3)CC2)cc1.P. The van der Waals surface area contributed by atoms with E-state index in [9.17, 15) is 9.59 Å². The summed E-state index contributed by atoms with van der Waals surface area (Å²) < 4.78 is 10.8. The molecule has 0 aliphatic carbocycles. The molecule has 4 saturated heterocycles. The van der Waals surface area contributed by atoms with Crippen LogP contribution in [0.15, 0.2) is 102 Å². The first kappa shape index (κ1) is 59.4. The lowest BCUT2D eigenvalue weighted by molar-refractivity contribution is 0.102. The second-order valence-electron chi connectivity index (χ2n) is 18.5. The number of halogens is 1. The van der Waals surface area contributed by atoms with E-state index in [1.165, 1.54) is 112 Å². The lowest BCUT2D eigenvalue weighted by atomic mass is 10.0. The van der Waals surface area contributed by atoms with Crippen LogP contribution in [0.4, 0.5) is 33.7 Å². The summed E-state index contributed by atoms with van der Waals surface area (Å²) >= 11 is 11.1. The first-order chi connectivity index (χ1) is 36.0. The van der Waals surface area contributed by atoms with Gasteiger partial charge in [0.25, 0.3) is 0 Å². The van der Waals surface area contributed by atoms with Crippen LogP contribution >= 0.6 is 61.1 Å². The normalized spacial score (nSPS) is 16.5. The number of hydrogen-bond donors (Lipinski definition) is 4. The largest absolute Gasteiger partial charge is 0.494 e. The predicted molar refractivity (Wildman–Crippen MR) is 329 cm³/mol. The van der Waals surface area contributed by atoms with Crippen LogP contribution in [0.2, 0.25) is 0 Å². The maximum atomic E-state index is 13.0. The summed E-state index contributed by atoms with van der Waals surface area (Å²) in [5.74, 6) is 2.46. The maximum Gasteiger partial charge on any atom is 0.206 e. The first-order valence-corrected chi connectivity index (χ1v) is 29.5. The van der Waals surface area contributed by atoms with Gasteiger partial charge in [-0.15, -0.1) is 0 Å². The molecule has 0 spiro atoms. The number of carbonyl (C=O) groups excluding carboxylic acids is 2. The molecule has 1 unspecified atom stereocenters. The third-order valence-electron chi connectivity index (χ3n) is 13.6. The highest BCUT2D eigenvalue weighted by Crippen LogP contribution is 2.32. The number of nitrogens with zero attached hydrogens (tertiary/aromatic N) is 6. The van der Waals surface area contributed by atoms with Gasteiger partial charge >= 0.3 is 0 Å². The number of carbonyl (C=O) groups is 2. The zero-order chi connectivity index (χ0) is 52.2. The number of rotatable bonds is 16. The number of ether oxygens (including phenoxy) is 2. The van der Waals surface area contributed by atoms with E-state index < -0.39 is 0 Å². The minimum atomic E-state index is -0.151. The van der Waals surface area contributed by atoms with Gasteiger partial charge in [-0.3, -0.25) is 9.59 Å². The number of thioether (sulfide) groups is 1. The van der Waals surface area contributed by atoms with E-state index in [1.807, 2.05) is 45.0 Å². The zero-order valence-corrected chi connectivity index (χ0v) is 49.3. The molecule has 75 heavy (non-hydrogen) atoms. The maximum absolute atomic E-state index is 13.0. The molecule has 4 aliphatic heterocycles. The Morgan fingerprint density at radius 3 is 1.69 bits per heavy atom. The number of aromatic nitrogens is 1. The predicted octanol–water partition coefficient (Wildman–Crippen LogP) is 11.4. The molecule has 1 aromatic heterocycles. The Balaban J connectivity index is 0.000000201. The van der Waals surface area contributed by atoms with E-state index in [4.69, 9.17) is 33.2 Å². The van der Waals surface area contributed by atoms with Gasteiger partial charge in [-0.1, -0.05) is 70.2 Å². The zero-order valence-electron chi connectivity index (χ0n) is 43.8. The second kappa shape index (κ2) is 30.8. The summed E-state index contributed by atoms with van der Waals surface area (Å²) in [6.45, 7) is 16.7. The Morgan fingerprint density at radius 1 is 0.733 bits per heavy atom. The molecule has 14 nitrogen and oxygen atoms in total. The topological polar surface area (TPSA) is 167 Å². The summed E-state index contributed by atoms with van der Waals surface area (Å²) in [4.78, 5) is 43.6. The van der Waals surface area contributed by atoms with Crippen molar-refractivity contribution >= 4 is 117 Å². The Morgan fingerprint density at radius 2 is 1.21 bits per heavy atom. The number of nitrogen functional groups attached to an aromatic ring is 1. The molecule has 4 fully saturated rings. The number of Topliss-reactive ketones (excluding diaryl/α,β-unsaturated/α-hetero) is 1. The van der Waals surface area contributed by atoms with Gasteiger partial charge in [0.15, 0.2) is 21.2 Å². The summed E-state index contributed by atoms with van der Waals surface area (Å²) in [5, 5.41) is 8.29. The van der Waals surface area contributed by atoms with Gasteiger partial charge in [0.2, 0.25) is 5.78 Å². The molecule has 5 aromatic rings. The van der Waals surface area contributed by atoms with E-state index in [-0.39, 0.29) is 27.3 Å². The van der Waals surface area contributed by atoms with Crippen LogP contribution < -0.4 is 41.4 Å². The molecule has 0 saturated carbocycles. The number of nitrogens with one attached hydrogen (secondary N) is 2. The molecule has 4 aromatic carbocycles. The van der Waals surface area contributed by atoms with Crippen LogP contribution in [0.1, 0.15) is 97.7 Å². The molecule has 0 bridgehead atoms. The number of likely N-dealkylation sites (tertiary alicyclic amines) is 2. The van der Waals surface area contributed by atoms with Crippen molar-refractivity contribution in [2.75, 3.05) is 103 Å². The van der Waals surface area contributed by atoms with Gasteiger partial charge in [0.1, 0.15) is 22.2 Å². The van der Waals surface area contributed by atoms with E-state index in [1.54, 1.807) is 24.3 Å². The number of hydrogen-bond acceptors (Lipinski definition) is 14. The minimum absolute atomic E-state index is 0. The van der Waals surface area contributed by atoms with E-state index in [2.05, 4.69) is 105 Å². The number of nitrogens with two attached hydrogens (primary N) is 2. The van der Waals surface area contributed by atoms with Gasteiger partial charge < -0.3 is 51.2 Å². The molecule has 0 radical (unpaired) electrons. The molecule has 6 N–H and O–H groups in total. The van der Waals surface area contributed by atoms with Crippen molar-refractivity contribution in [2.24, 2.45) is 10.7 Å². The first-order valence-electron chi connectivity index (χ1n) is 26.1. The molecule has 9 rings (SSSR count). The van der Waals surface area contributed by atoms with Crippen molar-refractivity contribution in [1.82, 2.24) is 14.8 Å². The van der Waals surface area contributed by atoms with Crippen molar-refractivity contribution in [2.45, 2.75) is 84.2 Å². The third-order valence-corrected chi connectivity index (χ3v) is 15.9. The smallest absolute Gasteiger partial charge is 0.206 e. The van der Waals surface area contributed by atoms with Crippen LogP contribution in [-0.2, 0) is 0 Å². The van der Waals surface area contributed by atoms with Crippen LogP contribution in [0.5, 0.6) is 11.5 Å². The fraction of sp³-hybridized carbons (Fsp3) is 0.446. The van der Waals surface area contributed by atoms with Gasteiger partial charge in [0.05, 0.1) is 18.5 Å². The third kappa shape index (κ3) is 17.9. The van der Waals surface area contributed by atoms with Gasteiger partial charge in [0, 0.05) is 72.1 Å².